The first kappa shape index (κ1) is 22.8. The third-order valence-corrected chi connectivity index (χ3v) is 8.23. The number of benzene rings is 1. The first-order valence-corrected chi connectivity index (χ1v) is 11.7. The minimum atomic E-state index is 0.0990. The molecule has 2 saturated carbocycles. The molecule has 0 unspecified atom stereocenters. The molecule has 0 aromatic heterocycles. The second kappa shape index (κ2) is 10.0. The average molecular weight is 431 g/mol. The van der Waals surface area contributed by atoms with Crippen LogP contribution >= 0.6 is 0 Å². The number of allylic oxidation sites excluding steroid dienone is 1. The molecule has 3 aliphatic carbocycles. The van der Waals surface area contributed by atoms with Crippen molar-refractivity contribution in [1.82, 2.24) is 0 Å². The fraction of sp³-hybridized carbons (Fsp3) is 0.692. The number of fused-ring (bicyclic) bond motifs is 5. The first-order chi connectivity index (χ1) is 15.1. The van der Waals surface area contributed by atoms with Gasteiger partial charge in [0.1, 0.15) is 12.5 Å². The standard InChI is InChI=1S/C26H38O5/c1-26-12-11-21-20-8-7-19(30-16-28-2)15-22(20)18(6-4-5-13-27)14-23(21)24(26)9-10-25(26)31-17-29-3/h4-5,7-8,15,18,21,23-25,27H,6,9-14,16-17H2,1-3H3/b5-4+/t18-,21-,23-,24+,25+,26+/m1/s1. The summed E-state index contributed by atoms with van der Waals surface area (Å²) < 4.78 is 22.2. The van der Waals surface area contributed by atoms with Crippen molar-refractivity contribution in [1.29, 1.82) is 0 Å². The Morgan fingerprint density at radius 3 is 2.68 bits per heavy atom. The number of rotatable bonds is 9. The Hall–Kier alpha value is -1.40. The highest BCUT2D eigenvalue weighted by Gasteiger charge is 2.56. The molecule has 0 saturated heterocycles. The maximum atomic E-state index is 9.23. The molecule has 31 heavy (non-hydrogen) atoms. The lowest BCUT2D eigenvalue weighted by atomic mass is 9.53. The van der Waals surface area contributed by atoms with Crippen LogP contribution in [0.25, 0.3) is 0 Å². The van der Waals surface area contributed by atoms with Crippen molar-refractivity contribution >= 4 is 0 Å². The van der Waals surface area contributed by atoms with E-state index in [0.717, 1.165) is 18.6 Å². The second-order valence-electron chi connectivity index (χ2n) is 9.72. The van der Waals surface area contributed by atoms with Gasteiger partial charge in [0, 0.05) is 14.2 Å². The lowest BCUT2D eigenvalue weighted by molar-refractivity contribution is -0.125. The smallest absolute Gasteiger partial charge is 0.188 e. The summed E-state index contributed by atoms with van der Waals surface area (Å²) in [5, 5.41) is 9.23. The highest BCUT2D eigenvalue weighted by Crippen LogP contribution is 2.63. The van der Waals surface area contributed by atoms with Crippen molar-refractivity contribution in [3.8, 4) is 5.75 Å². The van der Waals surface area contributed by atoms with Crippen LogP contribution in [0, 0.1) is 17.3 Å². The van der Waals surface area contributed by atoms with Crippen molar-refractivity contribution in [3.63, 3.8) is 0 Å². The van der Waals surface area contributed by atoms with Crippen molar-refractivity contribution < 1.29 is 24.1 Å². The molecule has 172 valence electrons. The van der Waals surface area contributed by atoms with Crippen molar-refractivity contribution in [2.24, 2.45) is 17.3 Å². The molecule has 2 fully saturated rings. The summed E-state index contributed by atoms with van der Waals surface area (Å²) in [6.45, 7) is 3.22. The van der Waals surface area contributed by atoms with Crippen molar-refractivity contribution in [3.05, 3.63) is 41.5 Å². The van der Waals surface area contributed by atoms with E-state index in [1.807, 2.05) is 6.08 Å². The van der Waals surface area contributed by atoms with Gasteiger partial charge in [0.2, 0.25) is 0 Å². The molecule has 6 atom stereocenters. The molecule has 4 rings (SSSR count). The zero-order valence-electron chi connectivity index (χ0n) is 19.2. The van der Waals surface area contributed by atoms with Gasteiger partial charge in [-0.05, 0) is 90.9 Å². The molecule has 1 N–H and O–H groups in total. The lowest BCUT2D eigenvalue weighted by Crippen LogP contribution is -2.45. The predicted molar refractivity (Wildman–Crippen MR) is 120 cm³/mol. The van der Waals surface area contributed by atoms with Crippen LogP contribution in [0.15, 0.2) is 30.4 Å². The van der Waals surface area contributed by atoms with Crippen molar-refractivity contribution in [2.75, 3.05) is 34.4 Å². The van der Waals surface area contributed by atoms with Crippen LogP contribution in [-0.2, 0) is 14.2 Å². The molecule has 0 aliphatic heterocycles. The van der Waals surface area contributed by atoms with Gasteiger partial charge in [0.05, 0.1) is 12.7 Å². The summed E-state index contributed by atoms with van der Waals surface area (Å²) >= 11 is 0. The molecule has 0 radical (unpaired) electrons. The Morgan fingerprint density at radius 2 is 1.90 bits per heavy atom. The van der Waals surface area contributed by atoms with Gasteiger partial charge in [-0.3, -0.25) is 0 Å². The molecule has 5 heteroatoms. The minimum Gasteiger partial charge on any atom is -0.468 e. The average Bonchev–Trinajstić information content (AvgIpc) is 3.12. The molecule has 1 aromatic rings. The molecule has 5 nitrogen and oxygen atoms in total. The summed E-state index contributed by atoms with van der Waals surface area (Å²) in [4.78, 5) is 0. The van der Waals surface area contributed by atoms with E-state index < -0.39 is 0 Å². The summed E-state index contributed by atoms with van der Waals surface area (Å²) in [6.07, 6.45) is 11.3. The van der Waals surface area contributed by atoms with E-state index in [4.69, 9.17) is 18.9 Å². The number of methoxy groups -OCH3 is 2. The normalized spacial score (nSPS) is 34.4. The van der Waals surface area contributed by atoms with Crippen molar-refractivity contribution in [2.45, 2.75) is 63.4 Å². The molecule has 0 heterocycles. The van der Waals surface area contributed by atoms with Gasteiger partial charge >= 0.3 is 0 Å². The monoisotopic (exact) mass is 430 g/mol. The van der Waals surface area contributed by atoms with Crippen LogP contribution in [0.1, 0.15) is 68.4 Å². The largest absolute Gasteiger partial charge is 0.468 e. The van der Waals surface area contributed by atoms with Crippen LogP contribution in [0.3, 0.4) is 0 Å². The Morgan fingerprint density at radius 1 is 1.06 bits per heavy atom. The fourth-order valence-corrected chi connectivity index (χ4v) is 6.85. The van der Waals surface area contributed by atoms with Gasteiger partial charge in [-0.2, -0.15) is 0 Å². The SMILES string of the molecule is COCOc1ccc2c(c1)[C@H](C/C=C/CO)C[C@@H]1[C@@H]2CC[C@]2(C)[C@@H](OCOC)CC[C@@H]12. The summed E-state index contributed by atoms with van der Waals surface area (Å²) in [5.41, 5.74) is 3.17. The van der Waals surface area contributed by atoms with Gasteiger partial charge < -0.3 is 24.1 Å². The topological polar surface area (TPSA) is 57.2 Å². The van der Waals surface area contributed by atoms with E-state index in [0.29, 0.717) is 36.6 Å². The molecule has 1 aromatic carbocycles. The summed E-state index contributed by atoms with van der Waals surface area (Å²) in [7, 11) is 3.36. The molecule has 0 amide bonds. The highest BCUT2D eigenvalue weighted by atomic mass is 16.7. The Balaban J connectivity index is 1.62. The van der Waals surface area contributed by atoms with Crippen LogP contribution < -0.4 is 4.74 Å². The minimum absolute atomic E-state index is 0.0990. The van der Waals surface area contributed by atoms with E-state index in [1.165, 1.54) is 36.8 Å². The zero-order valence-corrected chi connectivity index (χ0v) is 19.2. The maximum Gasteiger partial charge on any atom is 0.188 e. The molecule has 0 spiro atoms. The van der Waals surface area contributed by atoms with E-state index in [2.05, 4.69) is 31.2 Å². The van der Waals surface area contributed by atoms with Crippen LogP contribution in [-0.4, -0.2) is 45.6 Å². The third-order valence-electron chi connectivity index (χ3n) is 8.23. The van der Waals surface area contributed by atoms with Crippen LogP contribution in [0.5, 0.6) is 5.75 Å². The number of hydrogen-bond donors (Lipinski definition) is 1. The van der Waals surface area contributed by atoms with E-state index in [9.17, 15) is 5.11 Å². The second-order valence-corrected chi connectivity index (χ2v) is 9.72. The summed E-state index contributed by atoms with van der Waals surface area (Å²) in [6, 6.07) is 6.64. The van der Waals surface area contributed by atoms with Crippen LogP contribution in [0.2, 0.25) is 0 Å². The zero-order chi connectivity index (χ0) is 21.8. The van der Waals surface area contributed by atoms with Gasteiger partial charge in [-0.25, -0.2) is 0 Å². The predicted octanol–water partition coefficient (Wildman–Crippen LogP) is 4.99. The fourth-order valence-electron chi connectivity index (χ4n) is 6.85. The lowest BCUT2D eigenvalue weighted by Gasteiger charge is -2.52. The first-order valence-electron chi connectivity index (χ1n) is 11.7. The van der Waals surface area contributed by atoms with E-state index >= 15 is 0 Å². The van der Waals surface area contributed by atoms with Gasteiger partial charge in [-0.15, -0.1) is 0 Å². The molecular formula is C26H38O5. The van der Waals surface area contributed by atoms with Gasteiger partial charge in [-0.1, -0.05) is 25.1 Å². The Bertz CT molecular complexity index is 762. The maximum absolute atomic E-state index is 9.23. The molecule has 0 bridgehead atoms. The van der Waals surface area contributed by atoms with Crippen LogP contribution in [0.4, 0.5) is 0 Å². The molecular weight excluding hydrogens is 392 g/mol. The number of aliphatic hydroxyl groups is 1. The quantitative estimate of drug-likeness (QED) is 0.442. The Kier molecular flexibility index (Phi) is 7.37. The van der Waals surface area contributed by atoms with Gasteiger partial charge in [0.15, 0.2) is 6.79 Å². The molecule has 3 aliphatic rings. The number of aliphatic hydroxyl groups excluding tert-OH is 1. The number of ether oxygens (including phenoxy) is 4. The van der Waals surface area contributed by atoms with E-state index in [1.54, 1.807) is 14.2 Å². The Labute approximate surface area is 186 Å². The highest BCUT2D eigenvalue weighted by molar-refractivity contribution is 5.43. The summed E-state index contributed by atoms with van der Waals surface area (Å²) in [5.74, 6) is 3.32. The number of hydrogen-bond acceptors (Lipinski definition) is 5. The third kappa shape index (κ3) is 4.43. The van der Waals surface area contributed by atoms with E-state index in [-0.39, 0.29) is 18.8 Å². The van der Waals surface area contributed by atoms with Gasteiger partial charge in [0.25, 0.3) is 0 Å².